The van der Waals surface area contributed by atoms with Crippen molar-refractivity contribution in [2.45, 2.75) is 45.6 Å². The third kappa shape index (κ3) is 3.26. The van der Waals surface area contributed by atoms with E-state index < -0.39 is 6.09 Å². The number of ether oxygens (including phenoxy) is 1. The van der Waals surface area contributed by atoms with Crippen molar-refractivity contribution in [1.82, 2.24) is 20.1 Å². The summed E-state index contributed by atoms with van der Waals surface area (Å²) in [6.07, 6.45) is 6.64. The maximum atomic E-state index is 11.7. The Morgan fingerprint density at radius 1 is 1.29 bits per heavy atom. The maximum absolute atomic E-state index is 11.7. The molecule has 0 unspecified atom stereocenters. The summed E-state index contributed by atoms with van der Waals surface area (Å²) in [4.78, 5) is 14.4. The van der Waals surface area contributed by atoms with Crippen LogP contribution in [0.25, 0.3) is 16.6 Å². The number of amides is 1. The van der Waals surface area contributed by atoms with Crippen molar-refractivity contribution in [2.24, 2.45) is 5.41 Å². The van der Waals surface area contributed by atoms with Gasteiger partial charge in [0.15, 0.2) is 5.11 Å². The van der Waals surface area contributed by atoms with E-state index in [4.69, 9.17) is 17.0 Å². The van der Waals surface area contributed by atoms with Gasteiger partial charge in [0, 0.05) is 28.7 Å². The number of para-hydroxylation sites is 1. The van der Waals surface area contributed by atoms with Gasteiger partial charge in [-0.2, -0.15) is 0 Å². The highest BCUT2D eigenvalue weighted by Gasteiger charge is 2.50. The summed E-state index contributed by atoms with van der Waals surface area (Å²) < 4.78 is 7.40. The Balaban J connectivity index is 1.56. The molecule has 2 N–H and O–H groups in total. The fourth-order valence-corrected chi connectivity index (χ4v) is 6.15. The van der Waals surface area contributed by atoms with Crippen molar-refractivity contribution in [1.29, 1.82) is 0 Å². The Morgan fingerprint density at radius 3 is 2.94 bits per heavy atom. The normalized spacial score (nSPS) is 24.3. The van der Waals surface area contributed by atoms with E-state index in [1.165, 1.54) is 47.2 Å². The Bertz CT molecular complexity index is 1070. The molecule has 3 aliphatic heterocycles. The molecule has 5 rings (SSSR count). The van der Waals surface area contributed by atoms with E-state index in [1.54, 1.807) is 6.92 Å². The molecule has 3 aliphatic rings. The van der Waals surface area contributed by atoms with Gasteiger partial charge in [0.05, 0.1) is 24.7 Å². The summed E-state index contributed by atoms with van der Waals surface area (Å²) in [6.45, 7) is 7.30. The van der Waals surface area contributed by atoms with Crippen molar-refractivity contribution >= 4 is 40.0 Å². The third-order valence-electron chi connectivity index (χ3n) is 7.25. The van der Waals surface area contributed by atoms with Gasteiger partial charge in [-0.1, -0.05) is 31.2 Å². The second-order valence-electron chi connectivity index (χ2n) is 8.76. The molecule has 1 aromatic carbocycles. The standard InChI is InChI=1S/C24H30N4O2S/c1-3-24-11-7-12-27-13-10-18-17-8-5-6-9-19(17)28(20(18)21(24)27)16(14-24)15-25-22(31)26-23(29)30-4-2/h5-6,8-9,14,21H,3-4,7,10-13,15H2,1-2H3,(H2,25,26,29,31)/t21-,24+/m1/s1. The summed E-state index contributed by atoms with van der Waals surface area (Å²) in [5, 5.41) is 7.50. The van der Waals surface area contributed by atoms with Crippen LogP contribution in [0.2, 0.25) is 0 Å². The fourth-order valence-electron chi connectivity index (χ4n) is 5.99. The molecule has 0 aliphatic carbocycles. The highest BCUT2D eigenvalue weighted by molar-refractivity contribution is 7.80. The molecule has 0 saturated carbocycles. The van der Waals surface area contributed by atoms with Gasteiger partial charge in [0.2, 0.25) is 0 Å². The second kappa shape index (κ2) is 7.95. The number of thiocarbonyl (C=S) groups is 1. The average molecular weight is 439 g/mol. The molecule has 1 saturated heterocycles. The van der Waals surface area contributed by atoms with Crippen LogP contribution in [0, 0.1) is 5.41 Å². The van der Waals surface area contributed by atoms with Crippen LogP contribution in [0.1, 0.15) is 50.4 Å². The van der Waals surface area contributed by atoms with Gasteiger partial charge in [0.25, 0.3) is 0 Å². The molecule has 0 radical (unpaired) electrons. The Hall–Kier alpha value is -2.38. The number of alkyl carbamates (subject to hydrolysis) is 1. The molecule has 31 heavy (non-hydrogen) atoms. The van der Waals surface area contributed by atoms with E-state index in [-0.39, 0.29) is 5.41 Å². The van der Waals surface area contributed by atoms with Gasteiger partial charge in [-0.25, -0.2) is 4.79 Å². The first-order valence-corrected chi connectivity index (χ1v) is 11.8. The zero-order chi connectivity index (χ0) is 21.6. The lowest BCUT2D eigenvalue weighted by Crippen LogP contribution is -2.51. The van der Waals surface area contributed by atoms with Crippen molar-refractivity contribution in [3.8, 4) is 0 Å². The van der Waals surface area contributed by atoms with Crippen LogP contribution < -0.4 is 10.6 Å². The smallest absolute Gasteiger partial charge is 0.413 e. The molecule has 7 heteroatoms. The van der Waals surface area contributed by atoms with Crippen LogP contribution in [-0.4, -0.2) is 46.9 Å². The predicted octanol–water partition coefficient (Wildman–Crippen LogP) is 4.21. The number of rotatable bonds is 4. The number of nitrogens with zero attached hydrogens (tertiary/aromatic N) is 2. The SMILES string of the molecule is CCOC(=O)NC(=S)NCC1=C[C@]2(CC)CCCN3CCc4c(n1c1ccccc41)[C@@H]32. The zero-order valence-corrected chi connectivity index (χ0v) is 19.1. The molecule has 0 spiro atoms. The van der Waals surface area contributed by atoms with Crippen molar-refractivity contribution in [3.05, 3.63) is 41.6 Å². The molecule has 2 aromatic rings. The van der Waals surface area contributed by atoms with Crippen LogP contribution in [-0.2, 0) is 11.2 Å². The van der Waals surface area contributed by atoms with Gasteiger partial charge in [0.1, 0.15) is 0 Å². The summed E-state index contributed by atoms with van der Waals surface area (Å²) in [7, 11) is 0. The predicted molar refractivity (Wildman–Crippen MR) is 127 cm³/mol. The van der Waals surface area contributed by atoms with E-state index in [2.05, 4.69) is 57.4 Å². The summed E-state index contributed by atoms with van der Waals surface area (Å²) in [6, 6.07) is 9.19. The van der Waals surface area contributed by atoms with Crippen LogP contribution in [0.4, 0.5) is 4.79 Å². The van der Waals surface area contributed by atoms with Gasteiger partial charge >= 0.3 is 6.09 Å². The number of carbonyl (C=O) groups excluding carboxylic acids is 1. The first-order chi connectivity index (χ1) is 15.1. The minimum atomic E-state index is -0.519. The number of hydrogen-bond donors (Lipinski definition) is 2. The first kappa shape index (κ1) is 20.5. The minimum absolute atomic E-state index is 0.144. The molecule has 164 valence electrons. The molecule has 2 atom stereocenters. The molecule has 6 nitrogen and oxygen atoms in total. The number of hydrogen-bond acceptors (Lipinski definition) is 4. The maximum Gasteiger partial charge on any atom is 0.413 e. The molecule has 4 heterocycles. The number of benzene rings is 1. The minimum Gasteiger partial charge on any atom is -0.450 e. The number of carbonyl (C=O) groups is 1. The monoisotopic (exact) mass is 438 g/mol. The van der Waals surface area contributed by atoms with Crippen LogP contribution in [0.3, 0.4) is 0 Å². The van der Waals surface area contributed by atoms with E-state index in [0.717, 1.165) is 19.4 Å². The lowest BCUT2D eigenvalue weighted by molar-refractivity contribution is 0.0269. The van der Waals surface area contributed by atoms with Crippen molar-refractivity contribution in [2.75, 3.05) is 26.2 Å². The topological polar surface area (TPSA) is 58.5 Å². The molecule has 1 fully saturated rings. The van der Waals surface area contributed by atoms with E-state index in [9.17, 15) is 4.79 Å². The molecular formula is C24H30N4O2S. The Kier molecular flexibility index (Phi) is 5.26. The molecular weight excluding hydrogens is 408 g/mol. The number of nitrogens with one attached hydrogen (secondary N) is 2. The quantitative estimate of drug-likeness (QED) is 0.701. The third-order valence-corrected chi connectivity index (χ3v) is 7.49. The number of piperidine rings is 1. The highest BCUT2D eigenvalue weighted by atomic mass is 32.1. The molecule has 0 bridgehead atoms. The number of aromatic nitrogens is 1. The van der Waals surface area contributed by atoms with Gasteiger partial charge in [-0.3, -0.25) is 10.2 Å². The lowest BCUT2D eigenvalue weighted by atomic mass is 9.66. The summed E-state index contributed by atoms with van der Waals surface area (Å²) >= 11 is 5.35. The van der Waals surface area contributed by atoms with Crippen LogP contribution >= 0.6 is 12.2 Å². The van der Waals surface area contributed by atoms with Crippen LogP contribution in [0.5, 0.6) is 0 Å². The largest absolute Gasteiger partial charge is 0.450 e. The fraction of sp³-hybridized carbons (Fsp3) is 0.500. The second-order valence-corrected chi connectivity index (χ2v) is 9.17. The summed E-state index contributed by atoms with van der Waals surface area (Å²) in [5.74, 6) is 0. The average Bonchev–Trinajstić information content (AvgIpc) is 3.12. The lowest BCUT2D eigenvalue weighted by Gasteiger charge is -2.53. The highest BCUT2D eigenvalue weighted by Crippen LogP contribution is 2.56. The van der Waals surface area contributed by atoms with Gasteiger partial charge in [-0.05, 0) is 63.0 Å². The number of fused-ring (bicyclic) bond motifs is 3. The molecule has 1 aromatic heterocycles. The van der Waals surface area contributed by atoms with Gasteiger partial charge in [-0.15, -0.1) is 0 Å². The zero-order valence-electron chi connectivity index (χ0n) is 18.2. The van der Waals surface area contributed by atoms with Crippen molar-refractivity contribution < 1.29 is 9.53 Å². The molecule has 1 amide bonds. The van der Waals surface area contributed by atoms with Crippen LogP contribution in [0.15, 0.2) is 30.3 Å². The van der Waals surface area contributed by atoms with E-state index >= 15 is 0 Å². The van der Waals surface area contributed by atoms with Crippen molar-refractivity contribution in [3.63, 3.8) is 0 Å². The summed E-state index contributed by atoms with van der Waals surface area (Å²) in [5.41, 5.74) is 5.60. The Labute approximate surface area is 188 Å². The Morgan fingerprint density at radius 2 is 2.13 bits per heavy atom. The van der Waals surface area contributed by atoms with E-state index in [1.807, 2.05) is 0 Å². The first-order valence-electron chi connectivity index (χ1n) is 11.4. The van der Waals surface area contributed by atoms with E-state index in [0.29, 0.717) is 24.3 Å². The van der Waals surface area contributed by atoms with Gasteiger partial charge < -0.3 is 14.6 Å².